The Hall–Kier alpha value is -4.26. The number of fused-ring (bicyclic) bond motifs is 1. The van der Waals surface area contributed by atoms with E-state index < -0.39 is 11.9 Å². The number of anilines is 2. The van der Waals surface area contributed by atoms with E-state index in [0.29, 0.717) is 28.8 Å². The van der Waals surface area contributed by atoms with Gasteiger partial charge in [0.25, 0.3) is 0 Å². The third kappa shape index (κ3) is 3.30. The van der Waals surface area contributed by atoms with Crippen molar-refractivity contribution >= 4 is 45.8 Å². The Morgan fingerprint density at radius 1 is 0.850 bits per heavy atom. The second-order valence-electron chi connectivity index (χ2n) is 11.9. The first-order chi connectivity index (χ1) is 19.4. The molecule has 2 saturated heterocycles. The summed E-state index contributed by atoms with van der Waals surface area (Å²) in [7, 11) is 0. The average molecular weight is 533 g/mol. The van der Waals surface area contributed by atoms with E-state index in [9.17, 15) is 19.2 Å². The third-order valence-corrected chi connectivity index (χ3v) is 9.81. The zero-order valence-electron chi connectivity index (χ0n) is 22.0. The summed E-state index contributed by atoms with van der Waals surface area (Å²) in [4.78, 5) is 56.1. The number of esters is 1. The van der Waals surface area contributed by atoms with Crippen molar-refractivity contribution in [1.29, 1.82) is 0 Å². The van der Waals surface area contributed by atoms with Gasteiger partial charge in [-0.05, 0) is 72.2 Å². The van der Waals surface area contributed by atoms with Gasteiger partial charge >= 0.3 is 5.97 Å². The summed E-state index contributed by atoms with van der Waals surface area (Å²) >= 11 is 0. The van der Waals surface area contributed by atoms with Gasteiger partial charge in [0.2, 0.25) is 17.7 Å². The predicted molar refractivity (Wildman–Crippen MR) is 148 cm³/mol. The average Bonchev–Trinajstić information content (AvgIpc) is 3.64. The number of carbonyl (C=O) groups excluding carboxylic acids is 4. The van der Waals surface area contributed by atoms with E-state index in [4.69, 9.17) is 4.74 Å². The van der Waals surface area contributed by atoms with E-state index in [1.165, 1.54) is 4.90 Å². The van der Waals surface area contributed by atoms with Gasteiger partial charge in [-0.25, -0.2) is 4.90 Å². The van der Waals surface area contributed by atoms with Crippen molar-refractivity contribution in [3.8, 4) is 5.75 Å². The summed E-state index contributed by atoms with van der Waals surface area (Å²) in [6, 6.07) is 18.7. The highest BCUT2D eigenvalue weighted by Crippen LogP contribution is 2.65. The molecule has 2 saturated carbocycles. The minimum absolute atomic E-state index is 0.0804. The number of rotatable bonds is 4. The molecule has 7 nitrogen and oxygen atoms in total. The van der Waals surface area contributed by atoms with Gasteiger partial charge in [-0.15, -0.1) is 0 Å². The summed E-state index contributed by atoms with van der Waals surface area (Å²) in [6.07, 6.45) is 5.54. The van der Waals surface area contributed by atoms with E-state index in [-0.39, 0.29) is 54.4 Å². The fourth-order valence-corrected chi connectivity index (χ4v) is 7.88. The molecule has 0 radical (unpaired) electrons. The van der Waals surface area contributed by atoms with Crippen LogP contribution in [0.5, 0.6) is 5.75 Å². The number of hydrogen-bond acceptors (Lipinski definition) is 5. The van der Waals surface area contributed by atoms with Crippen LogP contribution < -0.4 is 14.5 Å². The van der Waals surface area contributed by atoms with Crippen LogP contribution in [0.3, 0.4) is 0 Å². The molecule has 40 heavy (non-hydrogen) atoms. The van der Waals surface area contributed by atoms with Gasteiger partial charge in [0.15, 0.2) is 0 Å². The summed E-state index contributed by atoms with van der Waals surface area (Å²) in [5, 5.41) is 1.99. The SMILES string of the molecule is Cc1cc(OC(=O)[C@@H]2CC(=O)N(c3cccc4ccccc34)C2)ccc1N1C(=O)[C@@H]2[C@H]3C=C[C@@H]([C@@H]4C[C@@H]34)[C@H]2C1=O. The number of hydrogen-bond donors (Lipinski definition) is 0. The first-order valence-corrected chi connectivity index (χ1v) is 14.1. The van der Waals surface area contributed by atoms with Gasteiger partial charge in [-0.1, -0.05) is 48.6 Å². The molecule has 2 heterocycles. The fraction of sp³-hybridized carbons (Fsp3) is 0.333. The van der Waals surface area contributed by atoms with Gasteiger partial charge in [0, 0.05) is 18.4 Å². The van der Waals surface area contributed by atoms with Crippen molar-refractivity contribution in [1.82, 2.24) is 0 Å². The second-order valence-corrected chi connectivity index (χ2v) is 11.9. The van der Waals surface area contributed by atoms with Crippen LogP contribution >= 0.6 is 0 Å². The molecule has 0 unspecified atom stereocenters. The predicted octanol–water partition coefficient (Wildman–Crippen LogP) is 4.66. The Labute approximate surface area is 231 Å². The maximum Gasteiger partial charge on any atom is 0.316 e. The zero-order valence-corrected chi connectivity index (χ0v) is 22.0. The molecule has 3 aromatic carbocycles. The lowest BCUT2D eigenvalue weighted by Crippen LogP contribution is -2.40. The molecular weight excluding hydrogens is 504 g/mol. The number of benzene rings is 3. The van der Waals surface area contributed by atoms with Crippen LogP contribution in [0, 0.1) is 48.3 Å². The molecule has 2 aliphatic heterocycles. The van der Waals surface area contributed by atoms with Gasteiger partial charge in [0.1, 0.15) is 5.75 Å². The van der Waals surface area contributed by atoms with Crippen LogP contribution in [0.4, 0.5) is 11.4 Å². The first kappa shape index (κ1) is 23.6. The molecule has 3 aromatic rings. The number of aryl methyl sites for hydroxylation is 1. The number of ether oxygens (including phenoxy) is 1. The number of imide groups is 1. The van der Waals surface area contributed by atoms with Crippen molar-refractivity contribution < 1.29 is 23.9 Å². The normalized spacial score (nSPS) is 31.6. The van der Waals surface area contributed by atoms with Crippen molar-refractivity contribution in [3.05, 3.63) is 78.4 Å². The fourth-order valence-electron chi connectivity index (χ4n) is 7.88. The topological polar surface area (TPSA) is 84.0 Å². The lowest BCUT2D eigenvalue weighted by atomic mass is 9.63. The van der Waals surface area contributed by atoms with Crippen molar-refractivity contribution in [2.75, 3.05) is 16.3 Å². The van der Waals surface area contributed by atoms with Gasteiger partial charge < -0.3 is 9.64 Å². The van der Waals surface area contributed by atoms with Crippen molar-refractivity contribution in [2.45, 2.75) is 19.8 Å². The molecule has 0 aromatic heterocycles. The molecule has 2 bridgehead atoms. The zero-order chi connectivity index (χ0) is 27.3. The molecule has 7 heteroatoms. The van der Waals surface area contributed by atoms with Gasteiger partial charge in [-0.2, -0.15) is 0 Å². The minimum atomic E-state index is -0.592. The highest BCUT2D eigenvalue weighted by molar-refractivity contribution is 6.23. The highest BCUT2D eigenvalue weighted by atomic mass is 16.5. The lowest BCUT2D eigenvalue weighted by molar-refractivity contribution is -0.139. The molecule has 3 amide bonds. The lowest BCUT2D eigenvalue weighted by Gasteiger charge is -2.37. The molecule has 200 valence electrons. The minimum Gasteiger partial charge on any atom is -0.426 e. The van der Waals surface area contributed by atoms with E-state index in [0.717, 1.165) is 22.9 Å². The van der Waals surface area contributed by atoms with Crippen LogP contribution in [-0.2, 0) is 19.2 Å². The van der Waals surface area contributed by atoms with Crippen LogP contribution in [0.25, 0.3) is 10.8 Å². The van der Waals surface area contributed by atoms with E-state index in [2.05, 4.69) is 12.2 Å². The van der Waals surface area contributed by atoms with Gasteiger partial charge in [-0.3, -0.25) is 19.2 Å². The Morgan fingerprint density at radius 2 is 1.55 bits per heavy atom. The first-order valence-electron chi connectivity index (χ1n) is 14.1. The maximum atomic E-state index is 13.5. The van der Waals surface area contributed by atoms with E-state index >= 15 is 0 Å². The molecule has 4 fully saturated rings. The molecule has 0 N–H and O–H groups in total. The quantitative estimate of drug-likeness (QED) is 0.211. The van der Waals surface area contributed by atoms with Crippen LogP contribution in [0.15, 0.2) is 72.8 Å². The summed E-state index contributed by atoms with van der Waals surface area (Å²) < 4.78 is 5.71. The molecule has 9 rings (SSSR count). The Bertz CT molecular complexity index is 1640. The standard InChI is InChI=1S/C33H28N2O5/c1-17-13-20(9-12-26(17)35-31(37)29-22-10-11-23(25-15-24(22)25)30(29)32(35)38)40-33(39)19-14-28(36)34(16-19)27-8-4-6-18-5-2-3-7-21(18)27/h2-13,19,22-25,29-30H,14-16H2,1H3/t19-,22+,23+,24+,25+,29-,30-/m1/s1. The van der Waals surface area contributed by atoms with Crippen LogP contribution in [0.2, 0.25) is 0 Å². The van der Waals surface area contributed by atoms with Crippen LogP contribution in [-0.4, -0.2) is 30.2 Å². The summed E-state index contributed by atoms with van der Waals surface area (Å²) in [5.41, 5.74) is 2.03. The maximum absolute atomic E-state index is 13.5. The van der Waals surface area contributed by atoms with E-state index in [1.807, 2.05) is 49.4 Å². The summed E-state index contributed by atoms with van der Waals surface area (Å²) in [5.74, 6) is -0.120. The molecule has 7 atom stereocenters. The third-order valence-electron chi connectivity index (χ3n) is 9.81. The number of allylic oxidation sites excluding steroid dienone is 2. The molecule has 6 aliphatic rings. The number of carbonyl (C=O) groups is 4. The number of nitrogens with zero attached hydrogens (tertiary/aromatic N) is 2. The smallest absolute Gasteiger partial charge is 0.316 e. The van der Waals surface area contributed by atoms with Gasteiger partial charge in [0.05, 0.1) is 29.1 Å². The summed E-state index contributed by atoms with van der Waals surface area (Å²) in [6.45, 7) is 2.07. The number of amides is 3. The highest BCUT2D eigenvalue weighted by Gasteiger charge is 2.67. The van der Waals surface area contributed by atoms with E-state index in [1.54, 1.807) is 23.1 Å². The van der Waals surface area contributed by atoms with Crippen molar-refractivity contribution in [3.63, 3.8) is 0 Å². The monoisotopic (exact) mass is 532 g/mol. The second kappa shape index (κ2) is 8.37. The molecule has 4 aliphatic carbocycles. The molecular formula is C33H28N2O5. The molecule has 0 spiro atoms. The Kier molecular flexibility index (Phi) is 4.94. The van der Waals surface area contributed by atoms with Crippen LogP contribution in [0.1, 0.15) is 18.4 Å². The Balaban J connectivity index is 0.993. The largest absolute Gasteiger partial charge is 0.426 e. The Morgan fingerprint density at radius 3 is 2.27 bits per heavy atom. The van der Waals surface area contributed by atoms with Crippen molar-refractivity contribution in [2.24, 2.45) is 41.4 Å².